The molecular formula is C13H19NO4S. The van der Waals surface area contributed by atoms with Crippen molar-refractivity contribution in [2.75, 3.05) is 17.1 Å². The van der Waals surface area contributed by atoms with Crippen molar-refractivity contribution < 1.29 is 18.3 Å². The number of carboxylic acids is 1. The summed E-state index contributed by atoms with van der Waals surface area (Å²) in [4.78, 5) is 10.9. The third-order valence-electron chi connectivity index (χ3n) is 2.89. The summed E-state index contributed by atoms with van der Waals surface area (Å²) in [5.41, 5.74) is 2.19. The lowest BCUT2D eigenvalue weighted by atomic mass is 10.0. The van der Waals surface area contributed by atoms with Crippen molar-refractivity contribution >= 4 is 21.7 Å². The summed E-state index contributed by atoms with van der Waals surface area (Å²) >= 11 is 0. The molecule has 0 aliphatic rings. The molecule has 6 heteroatoms. The molecule has 5 nitrogen and oxygen atoms in total. The number of hydrogen-bond donors (Lipinski definition) is 1. The fraction of sp³-hybridized carbons (Fsp3) is 0.462. The summed E-state index contributed by atoms with van der Waals surface area (Å²) in [7, 11) is -3.63. The quantitative estimate of drug-likeness (QED) is 0.862. The van der Waals surface area contributed by atoms with Crippen molar-refractivity contribution in [2.24, 2.45) is 0 Å². The number of anilines is 1. The van der Waals surface area contributed by atoms with Crippen molar-refractivity contribution in [3.63, 3.8) is 0 Å². The van der Waals surface area contributed by atoms with E-state index in [4.69, 9.17) is 5.11 Å². The van der Waals surface area contributed by atoms with Gasteiger partial charge in [0.05, 0.1) is 11.9 Å². The number of carbonyl (C=O) groups is 1. The molecule has 0 aromatic heterocycles. The first-order valence-corrected chi connectivity index (χ1v) is 7.96. The standard InChI is InChI=1S/C13H19NO4S/c1-4-10-7-6-8-11(5-2)13(10)14(9-12(15)16)19(3,17)18/h6-8H,4-5,9H2,1-3H3,(H,15,16). The molecule has 0 aliphatic carbocycles. The van der Waals surface area contributed by atoms with E-state index in [1.54, 1.807) is 0 Å². The molecule has 0 saturated heterocycles. The van der Waals surface area contributed by atoms with Crippen LogP contribution in [0.5, 0.6) is 0 Å². The van der Waals surface area contributed by atoms with E-state index >= 15 is 0 Å². The average Bonchev–Trinajstić information content (AvgIpc) is 2.33. The largest absolute Gasteiger partial charge is 0.480 e. The van der Waals surface area contributed by atoms with Crippen molar-refractivity contribution in [1.29, 1.82) is 0 Å². The van der Waals surface area contributed by atoms with Crippen LogP contribution >= 0.6 is 0 Å². The highest BCUT2D eigenvalue weighted by Gasteiger charge is 2.24. The first-order chi connectivity index (χ1) is 8.81. The summed E-state index contributed by atoms with van der Waals surface area (Å²) in [5, 5.41) is 8.93. The van der Waals surface area contributed by atoms with E-state index < -0.39 is 22.5 Å². The number of aryl methyl sites for hydroxylation is 2. The summed E-state index contributed by atoms with van der Waals surface area (Å²) in [5.74, 6) is -1.17. The van der Waals surface area contributed by atoms with Gasteiger partial charge in [-0.25, -0.2) is 8.42 Å². The molecule has 19 heavy (non-hydrogen) atoms. The van der Waals surface area contributed by atoms with Crippen molar-refractivity contribution in [3.05, 3.63) is 29.3 Å². The number of para-hydroxylation sites is 1. The van der Waals surface area contributed by atoms with Crippen LogP contribution in [0.15, 0.2) is 18.2 Å². The van der Waals surface area contributed by atoms with Crippen LogP contribution in [0.3, 0.4) is 0 Å². The third-order valence-corrected chi connectivity index (χ3v) is 4.01. The summed E-state index contributed by atoms with van der Waals surface area (Å²) in [6.45, 7) is 3.28. The van der Waals surface area contributed by atoms with Crippen LogP contribution in [0.2, 0.25) is 0 Å². The van der Waals surface area contributed by atoms with Crippen LogP contribution in [0.25, 0.3) is 0 Å². The van der Waals surface area contributed by atoms with Gasteiger partial charge < -0.3 is 5.11 Å². The maximum absolute atomic E-state index is 11.9. The summed E-state index contributed by atoms with van der Waals surface area (Å²) in [6.07, 6.45) is 2.32. The molecule has 0 saturated carbocycles. The van der Waals surface area contributed by atoms with Gasteiger partial charge >= 0.3 is 5.97 Å². The van der Waals surface area contributed by atoms with Gasteiger partial charge in [-0.2, -0.15) is 0 Å². The van der Waals surface area contributed by atoms with Gasteiger partial charge in [-0.15, -0.1) is 0 Å². The normalized spacial score (nSPS) is 11.3. The SMILES string of the molecule is CCc1cccc(CC)c1N(CC(=O)O)S(C)(=O)=O. The highest BCUT2D eigenvalue weighted by molar-refractivity contribution is 7.92. The van der Waals surface area contributed by atoms with Gasteiger partial charge in [-0.1, -0.05) is 32.0 Å². The number of nitrogens with zero attached hydrogens (tertiary/aromatic N) is 1. The Kier molecular flexibility index (Phi) is 4.94. The number of hydrogen-bond acceptors (Lipinski definition) is 3. The second kappa shape index (κ2) is 6.06. The van der Waals surface area contributed by atoms with Crippen LogP contribution < -0.4 is 4.31 Å². The van der Waals surface area contributed by atoms with Crippen LogP contribution in [0, 0.1) is 0 Å². The highest BCUT2D eigenvalue weighted by atomic mass is 32.2. The van der Waals surface area contributed by atoms with Gasteiger partial charge in [-0.05, 0) is 24.0 Å². The summed E-state index contributed by atoms with van der Waals surface area (Å²) < 4.78 is 24.7. The molecular weight excluding hydrogens is 266 g/mol. The molecule has 0 unspecified atom stereocenters. The Morgan fingerprint density at radius 2 is 1.68 bits per heavy atom. The Bertz CT molecular complexity index is 544. The van der Waals surface area contributed by atoms with E-state index in [1.807, 2.05) is 32.0 Å². The van der Waals surface area contributed by atoms with E-state index in [2.05, 4.69) is 0 Å². The Labute approximate surface area is 113 Å². The smallest absolute Gasteiger partial charge is 0.324 e. The average molecular weight is 285 g/mol. The molecule has 1 aromatic rings. The van der Waals surface area contributed by atoms with Gasteiger partial charge in [0.15, 0.2) is 0 Å². The minimum absolute atomic E-state index is 0.511. The zero-order valence-corrected chi connectivity index (χ0v) is 12.2. The molecule has 1 N–H and O–H groups in total. The second-order valence-electron chi connectivity index (χ2n) is 4.30. The molecule has 0 radical (unpaired) electrons. The maximum Gasteiger partial charge on any atom is 0.324 e. The number of rotatable bonds is 6. The molecule has 0 fully saturated rings. The summed E-state index contributed by atoms with van der Waals surface area (Å²) in [6, 6.07) is 5.52. The van der Waals surface area contributed by atoms with Crippen LogP contribution in [0.4, 0.5) is 5.69 Å². The molecule has 106 valence electrons. The predicted octanol–water partition coefficient (Wildman–Crippen LogP) is 1.66. The fourth-order valence-electron chi connectivity index (χ4n) is 2.02. The second-order valence-corrected chi connectivity index (χ2v) is 6.20. The zero-order chi connectivity index (χ0) is 14.6. The lowest BCUT2D eigenvalue weighted by Crippen LogP contribution is -2.36. The molecule has 0 aliphatic heterocycles. The van der Waals surface area contributed by atoms with E-state index in [-0.39, 0.29) is 0 Å². The number of sulfonamides is 1. The van der Waals surface area contributed by atoms with E-state index in [1.165, 1.54) is 0 Å². The monoisotopic (exact) mass is 285 g/mol. The van der Waals surface area contributed by atoms with Crippen LogP contribution in [-0.4, -0.2) is 32.3 Å². The number of aliphatic carboxylic acids is 1. The first kappa shape index (κ1) is 15.5. The Morgan fingerprint density at radius 3 is 2.00 bits per heavy atom. The van der Waals surface area contributed by atoms with Crippen molar-refractivity contribution in [3.8, 4) is 0 Å². The van der Waals surface area contributed by atoms with Gasteiger partial charge in [-0.3, -0.25) is 9.10 Å². The maximum atomic E-state index is 11.9. The lowest BCUT2D eigenvalue weighted by Gasteiger charge is -2.25. The minimum Gasteiger partial charge on any atom is -0.480 e. The Hall–Kier alpha value is -1.56. The predicted molar refractivity (Wildman–Crippen MR) is 75.0 cm³/mol. The molecule has 1 aromatic carbocycles. The van der Waals surface area contributed by atoms with Gasteiger partial charge in [0.2, 0.25) is 10.0 Å². The topological polar surface area (TPSA) is 74.7 Å². The highest BCUT2D eigenvalue weighted by Crippen LogP contribution is 2.28. The Balaban J connectivity index is 3.48. The van der Waals surface area contributed by atoms with Crippen LogP contribution in [0.1, 0.15) is 25.0 Å². The van der Waals surface area contributed by atoms with Crippen molar-refractivity contribution in [2.45, 2.75) is 26.7 Å². The van der Waals surface area contributed by atoms with E-state index in [0.29, 0.717) is 18.5 Å². The molecule has 0 spiro atoms. The zero-order valence-electron chi connectivity index (χ0n) is 11.4. The number of benzene rings is 1. The number of carboxylic acid groups (broad SMARTS) is 1. The van der Waals surface area contributed by atoms with Crippen LogP contribution in [-0.2, 0) is 27.7 Å². The first-order valence-electron chi connectivity index (χ1n) is 6.11. The fourth-order valence-corrected chi connectivity index (χ4v) is 2.93. The molecule has 0 atom stereocenters. The van der Waals surface area contributed by atoms with E-state index in [9.17, 15) is 13.2 Å². The van der Waals surface area contributed by atoms with E-state index in [0.717, 1.165) is 21.7 Å². The molecule has 1 rings (SSSR count). The Morgan fingerprint density at radius 1 is 1.21 bits per heavy atom. The molecule has 0 bridgehead atoms. The van der Waals surface area contributed by atoms with Gasteiger partial charge in [0.25, 0.3) is 0 Å². The van der Waals surface area contributed by atoms with Gasteiger partial charge in [0.1, 0.15) is 6.54 Å². The molecule has 0 heterocycles. The third kappa shape index (κ3) is 3.70. The van der Waals surface area contributed by atoms with Gasteiger partial charge in [0, 0.05) is 0 Å². The minimum atomic E-state index is -3.63. The molecule has 0 amide bonds. The lowest BCUT2D eigenvalue weighted by molar-refractivity contribution is -0.135. The van der Waals surface area contributed by atoms with Crippen molar-refractivity contribution in [1.82, 2.24) is 0 Å².